The molecule has 2 N–H and O–H groups in total. The molecule has 4 rings (SSSR count). The standard InChI is InChI=1S/C19H23N5O2.C8H5NO/c1-20-19-23-16-11-15(13-21-17(16)24(19)9-6-10-26-2)18(25)22-12-14-7-4-3-5-8-14;9-5-7-2-1-3-8(4-7)6-10/h3-5,7-8,11,13H,6,9-10,12H2,1-2H3,(H,20,23)(H,22,25);1-4,6H. The summed E-state index contributed by atoms with van der Waals surface area (Å²) in [5, 5.41) is 14.4. The summed E-state index contributed by atoms with van der Waals surface area (Å²) in [5.74, 6) is 0.564. The third-order valence-electron chi connectivity index (χ3n) is 5.25. The molecule has 0 unspecified atom stereocenters. The van der Waals surface area contributed by atoms with Crippen molar-refractivity contribution in [2.75, 3.05) is 26.1 Å². The number of benzene rings is 2. The number of nitriles is 1. The van der Waals surface area contributed by atoms with Crippen LogP contribution in [0.5, 0.6) is 0 Å². The number of aldehydes is 1. The third-order valence-corrected chi connectivity index (χ3v) is 5.25. The Labute approximate surface area is 209 Å². The Bertz CT molecular complexity index is 1340. The predicted molar refractivity (Wildman–Crippen MR) is 138 cm³/mol. The van der Waals surface area contributed by atoms with Crippen molar-refractivity contribution in [3.63, 3.8) is 0 Å². The van der Waals surface area contributed by atoms with Gasteiger partial charge >= 0.3 is 0 Å². The number of pyridine rings is 1. The van der Waals surface area contributed by atoms with Crippen LogP contribution in [0.1, 0.15) is 38.3 Å². The fraction of sp³-hybridized carbons (Fsp3) is 0.222. The number of fused-ring (bicyclic) bond motifs is 1. The van der Waals surface area contributed by atoms with Crippen molar-refractivity contribution in [2.24, 2.45) is 0 Å². The second-order valence-corrected chi connectivity index (χ2v) is 7.77. The number of aryl methyl sites for hydroxylation is 1. The molecule has 0 aliphatic carbocycles. The van der Waals surface area contributed by atoms with Gasteiger partial charge in [-0.25, -0.2) is 9.97 Å². The third kappa shape index (κ3) is 6.98. The van der Waals surface area contributed by atoms with Crippen LogP contribution in [-0.4, -0.2) is 47.5 Å². The Morgan fingerprint density at radius 3 is 2.67 bits per heavy atom. The van der Waals surface area contributed by atoms with E-state index in [1.807, 2.05) is 48.0 Å². The first-order chi connectivity index (χ1) is 17.6. The highest BCUT2D eigenvalue weighted by atomic mass is 16.5. The Balaban J connectivity index is 0.000000303. The lowest BCUT2D eigenvalue weighted by atomic mass is 10.2. The second-order valence-electron chi connectivity index (χ2n) is 7.77. The summed E-state index contributed by atoms with van der Waals surface area (Å²) in [6.07, 6.45) is 3.18. The maximum Gasteiger partial charge on any atom is 0.253 e. The van der Waals surface area contributed by atoms with Crippen molar-refractivity contribution in [1.82, 2.24) is 19.9 Å². The summed E-state index contributed by atoms with van der Waals surface area (Å²) in [4.78, 5) is 31.6. The Kier molecular flexibility index (Phi) is 9.68. The van der Waals surface area contributed by atoms with E-state index in [0.29, 0.717) is 35.4 Å². The van der Waals surface area contributed by atoms with Crippen LogP contribution in [0.4, 0.5) is 5.95 Å². The van der Waals surface area contributed by atoms with Crippen molar-refractivity contribution in [3.05, 3.63) is 89.1 Å². The van der Waals surface area contributed by atoms with Gasteiger partial charge in [0.05, 0.1) is 17.2 Å². The molecule has 0 bridgehead atoms. The summed E-state index contributed by atoms with van der Waals surface area (Å²) in [6.45, 7) is 1.89. The molecule has 1 amide bonds. The molecular formula is C27H28N6O3. The van der Waals surface area contributed by atoms with Crippen LogP contribution in [-0.2, 0) is 17.8 Å². The predicted octanol–water partition coefficient (Wildman–Crippen LogP) is 3.81. The van der Waals surface area contributed by atoms with Crippen molar-refractivity contribution < 1.29 is 14.3 Å². The van der Waals surface area contributed by atoms with E-state index in [0.717, 1.165) is 36.4 Å². The summed E-state index contributed by atoms with van der Waals surface area (Å²) in [7, 11) is 3.51. The van der Waals surface area contributed by atoms with Gasteiger partial charge in [-0.05, 0) is 30.2 Å². The van der Waals surface area contributed by atoms with Crippen LogP contribution < -0.4 is 10.6 Å². The maximum absolute atomic E-state index is 12.4. The number of aromatic nitrogens is 3. The van der Waals surface area contributed by atoms with Crippen molar-refractivity contribution in [3.8, 4) is 6.07 Å². The number of carbonyl (C=O) groups excluding carboxylic acids is 2. The van der Waals surface area contributed by atoms with Gasteiger partial charge in [-0.2, -0.15) is 5.26 Å². The summed E-state index contributed by atoms with van der Waals surface area (Å²) >= 11 is 0. The average molecular weight is 485 g/mol. The monoisotopic (exact) mass is 484 g/mol. The number of methoxy groups -OCH3 is 1. The van der Waals surface area contributed by atoms with Crippen LogP contribution in [0.2, 0.25) is 0 Å². The van der Waals surface area contributed by atoms with E-state index in [4.69, 9.17) is 10.00 Å². The van der Waals surface area contributed by atoms with Crippen LogP contribution in [0.25, 0.3) is 11.2 Å². The van der Waals surface area contributed by atoms with Crippen LogP contribution in [0, 0.1) is 11.3 Å². The molecule has 184 valence electrons. The van der Waals surface area contributed by atoms with Gasteiger partial charge in [-0.1, -0.05) is 42.5 Å². The minimum absolute atomic E-state index is 0.164. The SMILES string of the molecule is CNc1nc2cc(C(=O)NCc3ccccc3)cnc2n1CCCOC.N#Cc1cccc(C=O)c1. The molecule has 0 aliphatic rings. The number of hydrogen-bond acceptors (Lipinski definition) is 7. The lowest BCUT2D eigenvalue weighted by Crippen LogP contribution is -2.22. The quantitative estimate of drug-likeness (QED) is 0.274. The number of carbonyl (C=O) groups is 2. The zero-order valence-corrected chi connectivity index (χ0v) is 20.3. The van der Waals surface area contributed by atoms with E-state index in [-0.39, 0.29) is 5.91 Å². The van der Waals surface area contributed by atoms with Gasteiger partial charge in [-0.3, -0.25) is 14.2 Å². The fourth-order valence-corrected chi connectivity index (χ4v) is 3.47. The summed E-state index contributed by atoms with van der Waals surface area (Å²) < 4.78 is 7.11. The van der Waals surface area contributed by atoms with E-state index in [9.17, 15) is 9.59 Å². The van der Waals surface area contributed by atoms with Gasteiger partial charge in [0.2, 0.25) is 5.95 Å². The zero-order valence-electron chi connectivity index (χ0n) is 20.3. The molecule has 0 aliphatic heterocycles. The minimum atomic E-state index is -0.164. The van der Waals surface area contributed by atoms with Gasteiger partial charge in [0.15, 0.2) is 5.65 Å². The van der Waals surface area contributed by atoms with Gasteiger partial charge in [0.1, 0.15) is 11.8 Å². The molecule has 9 heteroatoms. The van der Waals surface area contributed by atoms with Crippen molar-refractivity contribution in [2.45, 2.75) is 19.5 Å². The Morgan fingerprint density at radius 1 is 1.17 bits per heavy atom. The molecule has 0 fully saturated rings. The second kappa shape index (κ2) is 13.4. The molecule has 2 aromatic heterocycles. The molecule has 0 saturated heterocycles. The van der Waals surface area contributed by atoms with E-state index < -0.39 is 0 Å². The number of hydrogen-bond donors (Lipinski definition) is 2. The number of amides is 1. The first-order valence-electron chi connectivity index (χ1n) is 11.4. The van der Waals surface area contributed by atoms with Crippen LogP contribution >= 0.6 is 0 Å². The molecule has 36 heavy (non-hydrogen) atoms. The van der Waals surface area contributed by atoms with Crippen molar-refractivity contribution in [1.29, 1.82) is 5.26 Å². The molecule has 9 nitrogen and oxygen atoms in total. The van der Waals surface area contributed by atoms with Gasteiger partial charge in [0.25, 0.3) is 5.91 Å². The number of nitrogens with zero attached hydrogens (tertiary/aromatic N) is 4. The molecule has 0 atom stereocenters. The largest absolute Gasteiger partial charge is 0.385 e. The first kappa shape index (κ1) is 26.1. The summed E-state index contributed by atoms with van der Waals surface area (Å²) in [6, 6.07) is 20.1. The number of imidazole rings is 1. The molecule has 4 aromatic rings. The van der Waals surface area contributed by atoms with E-state index in [1.54, 1.807) is 43.6 Å². The zero-order chi connectivity index (χ0) is 25.8. The Morgan fingerprint density at radius 2 is 1.97 bits per heavy atom. The maximum atomic E-state index is 12.4. The number of rotatable bonds is 9. The molecular weight excluding hydrogens is 456 g/mol. The normalized spacial score (nSPS) is 10.1. The molecule has 0 saturated carbocycles. The molecule has 0 radical (unpaired) electrons. The fourth-order valence-electron chi connectivity index (χ4n) is 3.47. The Hall–Kier alpha value is -4.55. The number of anilines is 1. The summed E-state index contributed by atoms with van der Waals surface area (Å²) in [5.41, 5.74) is 4.06. The molecule has 2 aromatic carbocycles. The highest BCUT2D eigenvalue weighted by Crippen LogP contribution is 2.19. The van der Waals surface area contributed by atoms with Gasteiger partial charge < -0.3 is 15.4 Å². The lowest BCUT2D eigenvalue weighted by Gasteiger charge is -2.08. The van der Waals surface area contributed by atoms with Crippen molar-refractivity contribution >= 4 is 29.3 Å². The lowest BCUT2D eigenvalue weighted by molar-refractivity contribution is 0.0950. The highest BCUT2D eigenvalue weighted by molar-refractivity contribution is 5.96. The first-order valence-corrected chi connectivity index (χ1v) is 11.4. The number of ether oxygens (including phenoxy) is 1. The highest BCUT2D eigenvalue weighted by Gasteiger charge is 2.14. The van der Waals surface area contributed by atoms with Crippen LogP contribution in [0.3, 0.4) is 0 Å². The number of nitrogens with one attached hydrogen (secondary N) is 2. The van der Waals surface area contributed by atoms with E-state index in [1.165, 1.54) is 0 Å². The topological polar surface area (TPSA) is 122 Å². The minimum Gasteiger partial charge on any atom is -0.385 e. The average Bonchev–Trinajstić information content (AvgIpc) is 3.29. The van der Waals surface area contributed by atoms with E-state index >= 15 is 0 Å². The van der Waals surface area contributed by atoms with Crippen LogP contribution in [0.15, 0.2) is 66.9 Å². The molecule has 2 heterocycles. The van der Waals surface area contributed by atoms with E-state index in [2.05, 4.69) is 20.6 Å². The van der Waals surface area contributed by atoms with Gasteiger partial charge in [0, 0.05) is 45.6 Å². The van der Waals surface area contributed by atoms with Gasteiger partial charge in [-0.15, -0.1) is 0 Å². The molecule has 0 spiro atoms. The smallest absolute Gasteiger partial charge is 0.253 e.